The quantitative estimate of drug-likeness (QED) is 0.459. The molecule has 0 radical (unpaired) electrons. The zero-order valence-electron chi connectivity index (χ0n) is 18.5. The van der Waals surface area contributed by atoms with Crippen LogP contribution in [-0.4, -0.2) is 31.7 Å². The van der Waals surface area contributed by atoms with E-state index in [-0.39, 0.29) is 12.5 Å². The number of fused-ring (bicyclic) bond motifs is 1. The van der Waals surface area contributed by atoms with E-state index in [2.05, 4.69) is 6.07 Å². The van der Waals surface area contributed by atoms with Crippen molar-refractivity contribution in [2.45, 2.75) is 19.5 Å². The van der Waals surface area contributed by atoms with Crippen molar-refractivity contribution in [1.82, 2.24) is 19.2 Å². The second kappa shape index (κ2) is 8.60. The number of aryl methyl sites for hydroxylation is 1. The number of carbonyl (C=O) groups is 1. The first-order chi connectivity index (χ1) is 16.4. The second-order valence-electron chi connectivity index (χ2n) is 8.40. The maximum Gasteiger partial charge on any atom is 0.255 e. The van der Waals surface area contributed by atoms with Gasteiger partial charge in [-0.25, -0.2) is 8.78 Å². The summed E-state index contributed by atoms with van der Waals surface area (Å²) in [5.41, 5.74) is 4.61. The highest BCUT2D eigenvalue weighted by atomic mass is 19.1. The maximum absolute atomic E-state index is 14.4. The highest BCUT2D eigenvalue weighted by molar-refractivity contribution is 5.94. The lowest BCUT2D eigenvalue weighted by Gasteiger charge is -2.28. The molecule has 0 unspecified atom stereocenters. The van der Waals surface area contributed by atoms with Gasteiger partial charge in [0.05, 0.1) is 29.4 Å². The summed E-state index contributed by atoms with van der Waals surface area (Å²) in [6.45, 7) is 0.982. The summed E-state index contributed by atoms with van der Waals surface area (Å²) in [6, 6.07) is 14.6. The smallest absolute Gasteiger partial charge is 0.255 e. The highest BCUT2D eigenvalue weighted by Gasteiger charge is 2.29. The van der Waals surface area contributed by atoms with Crippen LogP contribution in [0.4, 0.5) is 8.78 Å². The lowest BCUT2D eigenvalue weighted by atomic mass is 9.99. The molecule has 2 aromatic carbocycles. The third kappa shape index (κ3) is 3.97. The molecule has 1 aliphatic rings. The van der Waals surface area contributed by atoms with Crippen molar-refractivity contribution >= 4 is 5.91 Å². The minimum absolute atomic E-state index is 0.0692. The predicted molar refractivity (Wildman–Crippen MR) is 122 cm³/mol. The Morgan fingerprint density at radius 2 is 2.03 bits per heavy atom. The summed E-state index contributed by atoms with van der Waals surface area (Å²) < 4.78 is 31.3. The predicted octanol–water partition coefficient (Wildman–Crippen LogP) is 4.29. The molecule has 34 heavy (non-hydrogen) atoms. The van der Waals surface area contributed by atoms with Crippen molar-refractivity contribution in [2.24, 2.45) is 7.05 Å². The van der Waals surface area contributed by atoms with Crippen molar-refractivity contribution < 1.29 is 13.6 Å². The number of hydrogen-bond acceptors (Lipinski definition) is 3. The number of amides is 1. The minimum Gasteiger partial charge on any atom is -0.356 e. The average molecular weight is 457 g/mol. The van der Waals surface area contributed by atoms with Crippen LogP contribution in [0.15, 0.2) is 60.9 Å². The summed E-state index contributed by atoms with van der Waals surface area (Å²) in [7, 11) is 1.87. The summed E-state index contributed by atoms with van der Waals surface area (Å²) in [4.78, 5) is 14.9. The van der Waals surface area contributed by atoms with Gasteiger partial charge < -0.3 is 9.47 Å². The molecule has 2 aromatic heterocycles. The molecule has 0 fully saturated rings. The Morgan fingerprint density at radius 3 is 2.76 bits per heavy atom. The van der Waals surface area contributed by atoms with E-state index in [9.17, 15) is 18.8 Å². The number of rotatable bonds is 4. The van der Waals surface area contributed by atoms with Crippen LogP contribution in [0.1, 0.15) is 32.7 Å². The molecular weight excluding hydrogens is 436 g/mol. The number of hydrogen-bond donors (Lipinski definition) is 0. The van der Waals surface area contributed by atoms with E-state index in [1.54, 1.807) is 40.0 Å². The Kier molecular flexibility index (Phi) is 5.46. The molecule has 170 valence electrons. The van der Waals surface area contributed by atoms with E-state index < -0.39 is 11.6 Å². The first-order valence-electron chi connectivity index (χ1n) is 10.9. The number of halogens is 2. The molecular formula is C26H21F2N5O. The fourth-order valence-electron chi connectivity index (χ4n) is 4.39. The van der Waals surface area contributed by atoms with Gasteiger partial charge in [-0.1, -0.05) is 18.2 Å². The molecule has 4 aromatic rings. The number of nitriles is 1. The summed E-state index contributed by atoms with van der Waals surface area (Å²) in [5, 5.41) is 14.1. The van der Waals surface area contributed by atoms with E-state index >= 15 is 0 Å². The fraction of sp³-hybridized carbons (Fsp3) is 0.192. The topological polar surface area (TPSA) is 66.8 Å². The van der Waals surface area contributed by atoms with Crippen molar-refractivity contribution in [3.8, 4) is 17.3 Å². The highest BCUT2D eigenvalue weighted by Crippen LogP contribution is 2.32. The molecule has 0 aliphatic carbocycles. The van der Waals surface area contributed by atoms with Crippen LogP contribution in [0, 0.1) is 23.0 Å². The standard InChI is InChI=1S/C26H21F2N5O/c1-31-9-7-20(14-31)26(34)32-10-8-24-22(16-32)25(18-4-2-3-17(11-18)13-29)30-33(24)15-19-5-6-21(27)12-23(19)28/h2-7,9,11-12,14H,8,10,15-16H2,1H3. The Bertz CT molecular complexity index is 1450. The molecule has 1 amide bonds. The number of carbonyl (C=O) groups excluding carboxylic acids is 1. The van der Waals surface area contributed by atoms with Crippen LogP contribution < -0.4 is 0 Å². The molecule has 8 heteroatoms. The Balaban J connectivity index is 1.56. The number of nitrogens with zero attached hydrogens (tertiary/aromatic N) is 5. The molecule has 0 N–H and O–H groups in total. The molecule has 1 aliphatic heterocycles. The van der Waals surface area contributed by atoms with Crippen LogP contribution in [0.25, 0.3) is 11.3 Å². The van der Waals surface area contributed by atoms with E-state index in [1.807, 2.05) is 23.9 Å². The third-order valence-electron chi connectivity index (χ3n) is 6.10. The van der Waals surface area contributed by atoms with Crippen molar-refractivity contribution in [3.05, 3.63) is 101 Å². The van der Waals surface area contributed by atoms with Gasteiger partial charge in [-0.2, -0.15) is 10.4 Å². The van der Waals surface area contributed by atoms with Gasteiger partial charge in [-0.15, -0.1) is 0 Å². The fourth-order valence-corrected chi connectivity index (χ4v) is 4.39. The van der Waals surface area contributed by atoms with Gasteiger partial charge in [-0.05, 0) is 24.3 Å². The van der Waals surface area contributed by atoms with E-state index in [1.165, 1.54) is 12.1 Å². The first kappa shape index (κ1) is 21.6. The lowest BCUT2D eigenvalue weighted by molar-refractivity contribution is 0.0733. The molecule has 0 saturated heterocycles. The van der Waals surface area contributed by atoms with Crippen molar-refractivity contribution in [3.63, 3.8) is 0 Å². The van der Waals surface area contributed by atoms with Gasteiger partial charge in [0.1, 0.15) is 11.6 Å². The molecule has 0 bridgehead atoms. The zero-order valence-corrected chi connectivity index (χ0v) is 18.5. The zero-order chi connectivity index (χ0) is 23.8. The lowest BCUT2D eigenvalue weighted by Crippen LogP contribution is -2.36. The van der Waals surface area contributed by atoms with E-state index in [0.29, 0.717) is 41.9 Å². The van der Waals surface area contributed by atoms with Crippen LogP contribution in [0.3, 0.4) is 0 Å². The number of aromatic nitrogens is 3. The van der Waals surface area contributed by atoms with Gasteiger partial charge in [0.2, 0.25) is 0 Å². The maximum atomic E-state index is 14.4. The third-order valence-corrected chi connectivity index (χ3v) is 6.10. The largest absolute Gasteiger partial charge is 0.356 e. The van der Waals surface area contributed by atoms with E-state index in [4.69, 9.17) is 5.10 Å². The van der Waals surface area contributed by atoms with Crippen molar-refractivity contribution in [2.75, 3.05) is 6.54 Å². The van der Waals surface area contributed by atoms with Crippen LogP contribution >= 0.6 is 0 Å². The minimum atomic E-state index is -0.632. The van der Waals surface area contributed by atoms with Gasteiger partial charge in [0, 0.05) is 67.4 Å². The SMILES string of the molecule is Cn1ccc(C(=O)N2CCc3c(c(-c4cccc(C#N)c4)nn3Cc3ccc(F)cc3F)C2)c1. The van der Waals surface area contributed by atoms with Crippen LogP contribution in [0.2, 0.25) is 0 Å². The van der Waals surface area contributed by atoms with Gasteiger partial charge >= 0.3 is 0 Å². The summed E-state index contributed by atoms with van der Waals surface area (Å²) >= 11 is 0. The molecule has 3 heterocycles. The Labute approximate surface area is 195 Å². The Hall–Kier alpha value is -4.25. The van der Waals surface area contributed by atoms with E-state index in [0.717, 1.165) is 22.9 Å². The Morgan fingerprint density at radius 1 is 1.18 bits per heavy atom. The summed E-state index contributed by atoms with van der Waals surface area (Å²) in [5.74, 6) is -1.33. The molecule has 6 nitrogen and oxygen atoms in total. The molecule has 5 rings (SSSR count). The summed E-state index contributed by atoms with van der Waals surface area (Å²) in [6.07, 6.45) is 4.16. The monoisotopic (exact) mass is 457 g/mol. The van der Waals surface area contributed by atoms with Gasteiger partial charge in [0.15, 0.2) is 0 Å². The normalized spacial score (nSPS) is 12.9. The number of benzene rings is 2. The van der Waals surface area contributed by atoms with Crippen LogP contribution in [0.5, 0.6) is 0 Å². The van der Waals surface area contributed by atoms with Crippen molar-refractivity contribution in [1.29, 1.82) is 5.26 Å². The average Bonchev–Trinajstić information content (AvgIpc) is 3.44. The molecule has 0 saturated carbocycles. The second-order valence-corrected chi connectivity index (χ2v) is 8.40. The molecule has 0 spiro atoms. The van der Waals surface area contributed by atoms with Gasteiger partial charge in [0.25, 0.3) is 5.91 Å². The molecule has 0 atom stereocenters. The van der Waals surface area contributed by atoms with Gasteiger partial charge in [-0.3, -0.25) is 9.48 Å². The van der Waals surface area contributed by atoms with Crippen LogP contribution in [-0.2, 0) is 26.6 Å². The first-order valence-corrected chi connectivity index (χ1v) is 10.9.